The van der Waals surface area contributed by atoms with Gasteiger partial charge in [0.1, 0.15) is 5.75 Å². The fourth-order valence-electron chi connectivity index (χ4n) is 2.39. The molecule has 1 saturated heterocycles. The van der Waals surface area contributed by atoms with Crippen molar-refractivity contribution in [3.05, 3.63) is 29.3 Å². The third kappa shape index (κ3) is 3.87. The van der Waals surface area contributed by atoms with E-state index in [4.69, 9.17) is 16.3 Å². The molecule has 20 heavy (non-hydrogen) atoms. The van der Waals surface area contributed by atoms with Crippen LogP contribution in [0.5, 0.6) is 5.75 Å². The molecule has 5 heteroatoms. The second-order valence-corrected chi connectivity index (χ2v) is 5.78. The minimum atomic E-state index is 0.0418. The average Bonchev–Trinajstić information content (AvgIpc) is 2.46. The van der Waals surface area contributed by atoms with Crippen molar-refractivity contribution in [3.63, 3.8) is 0 Å². The minimum Gasteiger partial charge on any atom is -0.484 e. The van der Waals surface area contributed by atoms with E-state index >= 15 is 0 Å². The maximum atomic E-state index is 12.3. The van der Waals surface area contributed by atoms with Crippen molar-refractivity contribution in [2.24, 2.45) is 5.92 Å². The highest BCUT2D eigenvalue weighted by Crippen LogP contribution is 2.17. The highest BCUT2D eigenvalue weighted by Gasteiger charge is 2.28. The second-order valence-electron chi connectivity index (χ2n) is 5.35. The lowest BCUT2D eigenvalue weighted by atomic mass is 10.0. The average molecular weight is 297 g/mol. The quantitative estimate of drug-likeness (QED) is 0.926. The number of halogens is 1. The summed E-state index contributed by atoms with van der Waals surface area (Å²) in [7, 11) is 0. The molecule has 4 nitrogen and oxygen atoms in total. The summed E-state index contributed by atoms with van der Waals surface area (Å²) in [5.74, 6) is 1.14. The molecule has 1 aliphatic rings. The molecule has 1 fully saturated rings. The summed E-state index contributed by atoms with van der Waals surface area (Å²) in [5.41, 5.74) is 0. The van der Waals surface area contributed by atoms with Crippen molar-refractivity contribution in [1.29, 1.82) is 0 Å². The van der Waals surface area contributed by atoms with Gasteiger partial charge in [-0.2, -0.15) is 0 Å². The van der Waals surface area contributed by atoms with Gasteiger partial charge in [0.25, 0.3) is 5.91 Å². The van der Waals surface area contributed by atoms with Crippen molar-refractivity contribution >= 4 is 17.5 Å². The summed E-state index contributed by atoms with van der Waals surface area (Å²) in [6.45, 7) is 6.78. The Hall–Kier alpha value is -1.26. The number of nitrogens with one attached hydrogen (secondary N) is 1. The standard InChI is InChI=1S/C15H21ClN2O2/c1-11(2)14-9-17-7-8-18(14)15(19)10-20-13-5-3-12(16)4-6-13/h3-6,11,14,17H,7-10H2,1-2H3. The molecule has 1 aromatic rings. The van der Waals surface area contributed by atoms with Gasteiger partial charge in [-0.05, 0) is 30.2 Å². The van der Waals surface area contributed by atoms with Crippen LogP contribution in [0, 0.1) is 5.92 Å². The molecule has 1 aliphatic heterocycles. The van der Waals surface area contributed by atoms with Gasteiger partial charge >= 0.3 is 0 Å². The molecule has 1 N–H and O–H groups in total. The highest BCUT2D eigenvalue weighted by atomic mass is 35.5. The molecule has 1 atom stereocenters. The number of carbonyl (C=O) groups is 1. The van der Waals surface area contributed by atoms with E-state index in [-0.39, 0.29) is 18.6 Å². The van der Waals surface area contributed by atoms with Gasteiger partial charge in [-0.25, -0.2) is 0 Å². The first-order valence-corrected chi connectivity index (χ1v) is 7.34. The number of hydrogen-bond donors (Lipinski definition) is 1. The number of nitrogens with zero attached hydrogens (tertiary/aromatic N) is 1. The number of ether oxygens (including phenoxy) is 1. The van der Waals surface area contributed by atoms with E-state index in [1.54, 1.807) is 24.3 Å². The van der Waals surface area contributed by atoms with E-state index in [2.05, 4.69) is 19.2 Å². The van der Waals surface area contributed by atoms with Gasteiger partial charge in [0, 0.05) is 30.7 Å². The van der Waals surface area contributed by atoms with Crippen LogP contribution in [0.25, 0.3) is 0 Å². The van der Waals surface area contributed by atoms with Gasteiger partial charge in [-0.15, -0.1) is 0 Å². The van der Waals surface area contributed by atoms with Crippen LogP contribution in [0.4, 0.5) is 0 Å². The van der Waals surface area contributed by atoms with E-state index < -0.39 is 0 Å². The smallest absolute Gasteiger partial charge is 0.260 e. The van der Waals surface area contributed by atoms with Crippen molar-refractivity contribution in [3.8, 4) is 5.75 Å². The zero-order valence-corrected chi connectivity index (χ0v) is 12.7. The monoisotopic (exact) mass is 296 g/mol. The first-order chi connectivity index (χ1) is 9.58. The van der Waals surface area contributed by atoms with Crippen molar-refractivity contribution in [2.45, 2.75) is 19.9 Å². The van der Waals surface area contributed by atoms with E-state index in [0.717, 1.165) is 19.6 Å². The van der Waals surface area contributed by atoms with E-state index in [1.165, 1.54) is 0 Å². The zero-order valence-electron chi connectivity index (χ0n) is 11.9. The first kappa shape index (κ1) is 15.1. The Morgan fingerprint density at radius 2 is 2.15 bits per heavy atom. The second kappa shape index (κ2) is 6.95. The van der Waals surface area contributed by atoms with Crippen LogP contribution in [0.1, 0.15) is 13.8 Å². The summed E-state index contributed by atoms with van der Waals surface area (Å²) in [4.78, 5) is 14.2. The Morgan fingerprint density at radius 1 is 1.45 bits per heavy atom. The minimum absolute atomic E-state index is 0.0418. The predicted molar refractivity (Wildman–Crippen MR) is 80.2 cm³/mol. The predicted octanol–water partition coefficient (Wildman–Crippen LogP) is 2.18. The first-order valence-electron chi connectivity index (χ1n) is 6.96. The molecule has 0 radical (unpaired) electrons. The summed E-state index contributed by atoms with van der Waals surface area (Å²) in [5, 5.41) is 3.99. The maximum Gasteiger partial charge on any atom is 0.260 e. The number of benzene rings is 1. The molecule has 1 unspecified atom stereocenters. The Bertz CT molecular complexity index is 448. The van der Waals surface area contributed by atoms with Crippen LogP contribution < -0.4 is 10.1 Å². The van der Waals surface area contributed by atoms with E-state index in [0.29, 0.717) is 16.7 Å². The van der Waals surface area contributed by atoms with E-state index in [1.807, 2.05) is 4.90 Å². The number of hydrogen-bond acceptors (Lipinski definition) is 3. The van der Waals surface area contributed by atoms with Crippen LogP contribution in [0.15, 0.2) is 24.3 Å². The summed E-state index contributed by atoms with van der Waals surface area (Å²) in [6, 6.07) is 7.29. The third-order valence-corrected chi connectivity index (χ3v) is 3.80. The number of carbonyl (C=O) groups excluding carboxylic acids is 1. The Labute approximate surface area is 125 Å². The van der Waals surface area contributed by atoms with Gasteiger partial charge in [-0.3, -0.25) is 4.79 Å². The third-order valence-electron chi connectivity index (χ3n) is 3.55. The topological polar surface area (TPSA) is 41.6 Å². The molecule has 1 amide bonds. The molecule has 110 valence electrons. The van der Waals surface area contributed by atoms with Crippen LogP contribution in [0.3, 0.4) is 0 Å². The molecule has 0 spiro atoms. The SMILES string of the molecule is CC(C)C1CNCCN1C(=O)COc1ccc(Cl)cc1. The van der Waals surface area contributed by atoms with Crippen LogP contribution in [0.2, 0.25) is 5.02 Å². The number of rotatable bonds is 4. The summed E-state index contributed by atoms with van der Waals surface area (Å²) in [6.07, 6.45) is 0. The normalized spacial score (nSPS) is 19.2. The lowest BCUT2D eigenvalue weighted by Crippen LogP contribution is -2.56. The molecular formula is C15H21ClN2O2. The van der Waals surface area contributed by atoms with Gasteiger partial charge in [0.2, 0.25) is 0 Å². The van der Waals surface area contributed by atoms with Crippen LogP contribution in [-0.2, 0) is 4.79 Å². The summed E-state index contributed by atoms with van der Waals surface area (Å²) < 4.78 is 5.53. The molecule has 1 heterocycles. The zero-order chi connectivity index (χ0) is 14.5. The molecular weight excluding hydrogens is 276 g/mol. The maximum absolute atomic E-state index is 12.3. The Kier molecular flexibility index (Phi) is 5.26. The molecule has 2 rings (SSSR count). The van der Waals surface area contributed by atoms with Gasteiger partial charge in [-0.1, -0.05) is 25.4 Å². The summed E-state index contributed by atoms with van der Waals surface area (Å²) >= 11 is 5.81. The largest absolute Gasteiger partial charge is 0.484 e. The number of amides is 1. The fraction of sp³-hybridized carbons (Fsp3) is 0.533. The van der Waals surface area contributed by atoms with Crippen LogP contribution in [-0.4, -0.2) is 43.1 Å². The van der Waals surface area contributed by atoms with Gasteiger partial charge < -0.3 is 15.0 Å². The Balaban J connectivity index is 1.91. The lowest BCUT2D eigenvalue weighted by Gasteiger charge is -2.38. The van der Waals surface area contributed by atoms with Crippen molar-refractivity contribution < 1.29 is 9.53 Å². The molecule has 0 aromatic heterocycles. The molecule has 0 saturated carbocycles. The van der Waals surface area contributed by atoms with E-state index in [9.17, 15) is 4.79 Å². The van der Waals surface area contributed by atoms with Crippen molar-refractivity contribution in [2.75, 3.05) is 26.2 Å². The van der Waals surface area contributed by atoms with Gasteiger partial charge in [0.15, 0.2) is 6.61 Å². The number of piperazine rings is 1. The lowest BCUT2D eigenvalue weighted by molar-refractivity contribution is -0.137. The highest BCUT2D eigenvalue weighted by molar-refractivity contribution is 6.30. The molecule has 0 aliphatic carbocycles. The molecule has 0 bridgehead atoms. The fourth-order valence-corrected chi connectivity index (χ4v) is 2.52. The van der Waals surface area contributed by atoms with Crippen LogP contribution >= 0.6 is 11.6 Å². The Morgan fingerprint density at radius 3 is 2.80 bits per heavy atom. The van der Waals surface area contributed by atoms with Crippen molar-refractivity contribution in [1.82, 2.24) is 10.2 Å². The molecule has 1 aromatic carbocycles. The van der Waals surface area contributed by atoms with Gasteiger partial charge in [0.05, 0.1) is 0 Å².